The van der Waals surface area contributed by atoms with Crippen molar-refractivity contribution in [2.75, 3.05) is 7.11 Å². The quantitative estimate of drug-likeness (QED) is 0.667. The molecule has 17 heavy (non-hydrogen) atoms. The van der Waals surface area contributed by atoms with Gasteiger partial charge in [0.15, 0.2) is 0 Å². The predicted octanol–water partition coefficient (Wildman–Crippen LogP) is 1.84. The lowest BCUT2D eigenvalue weighted by atomic mass is 9.81. The van der Waals surface area contributed by atoms with Crippen molar-refractivity contribution in [3.63, 3.8) is 0 Å². The summed E-state index contributed by atoms with van der Waals surface area (Å²) in [4.78, 5) is 15.0. The van der Waals surface area contributed by atoms with Gasteiger partial charge >= 0.3 is 5.97 Å². The van der Waals surface area contributed by atoms with Gasteiger partial charge in [-0.15, -0.1) is 12.4 Å². The molecule has 96 valence electrons. The first-order chi connectivity index (χ1) is 7.41. The van der Waals surface area contributed by atoms with Crippen molar-refractivity contribution < 1.29 is 13.9 Å². The number of carbonyl (C=O) groups excluding carboxylic acids is 1. The number of nitrogens with zero attached hydrogens (tertiary/aromatic N) is 1. The Labute approximate surface area is 106 Å². The van der Waals surface area contributed by atoms with Crippen LogP contribution in [0.5, 0.6) is 0 Å². The first-order valence-corrected chi connectivity index (χ1v) is 4.85. The predicted molar refractivity (Wildman–Crippen MR) is 64.2 cm³/mol. The van der Waals surface area contributed by atoms with Gasteiger partial charge in [0.1, 0.15) is 0 Å². The lowest BCUT2D eigenvalue weighted by Crippen LogP contribution is -2.38. The van der Waals surface area contributed by atoms with Gasteiger partial charge in [0.25, 0.3) is 0 Å². The van der Waals surface area contributed by atoms with E-state index in [2.05, 4.69) is 9.72 Å². The van der Waals surface area contributed by atoms with Crippen LogP contribution in [-0.4, -0.2) is 18.1 Å². The van der Waals surface area contributed by atoms with Crippen molar-refractivity contribution in [3.8, 4) is 0 Å². The average molecular weight is 263 g/mol. The zero-order chi connectivity index (χ0) is 12.3. The highest BCUT2D eigenvalue weighted by Gasteiger charge is 2.37. The molecule has 1 aromatic heterocycles. The lowest BCUT2D eigenvalue weighted by molar-refractivity contribution is -0.152. The molecular formula is C11H16ClFN2O2. The number of aromatic nitrogens is 1. The number of methoxy groups -OCH3 is 1. The van der Waals surface area contributed by atoms with E-state index in [1.807, 2.05) is 0 Å². The van der Waals surface area contributed by atoms with Crippen molar-refractivity contribution in [3.05, 3.63) is 29.8 Å². The van der Waals surface area contributed by atoms with E-state index < -0.39 is 23.4 Å². The Balaban J connectivity index is 0.00000256. The van der Waals surface area contributed by atoms with E-state index in [1.54, 1.807) is 19.9 Å². The Morgan fingerprint density at radius 1 is 1.59 bits per heavy atom. The molecule has 2 N–H and O–H groups in total. The Kier molecular flexibility index (Phi) is 5.51. The number of hydrogen-bond donors (Lipinski definition) is 1. The van der Waals surface area contributed by atoms with E-state index in [4.69, 9.17) is 5.73 Å². The van der Waals surface area contributed by atoms with Gasteiger partial charge in [0, 0.05) is 17.8 Å². The molecule has 4 nitrogen and oxygen atoms in total. The highest BCUT2D eigenvalue weighted by atomic mass is 35.5. The van der Waals surface area contributed by atoms with Crippen LogP contribution in [0.3, 0.4) is 0 Å². The first-order valence-electron chi connectivity index (χ1n) is 4.85. The van der Waals surface area contributed by atoms with E-state index in [0.29, 0.717) is 0 Å². The number of hydrogen-bond acceptors (Lipinski definition) is 4. The molecule has 0 bridgehead atoms. The normalized spacial score (nSPS) is 12.5. The molecule has 6 heteroatoms. The maximum atomic E-state index is 13.4. The van der Waals surface area contributed by atoms with Crippen LogP contribution in [0.15, 0.2) is 18.3 Å². The Morgan fingerprint density at radius 3 is 2.65 bits per heavy atom. The van der Waals surface area contributed by atoms with E-state index >= 15 is 0 Å². The summed E-state index contributed by atoms with van der Waals surface area (Å²) in [7, 11) is 1.27. The maximum Gasteiger partial charge on any atom is 0.313 e. The van der Waals surface area contributed by atoms with E-state index in [9.17, 15) is 9.18 Å². The minimum absolute atomic E-state index is 0. The van der Waals surface area contributed by atoms with E-state index in [1.165, 1.54) is 19.4 Å². The number of esters is 1. The van der Waals surface area contributed by atoms with Crippen molar-refractivity contribution >= 4 is 18.4 Å². The third kappa shape index (κ3) is 3.14. The van der Waals surface area contributed by atoms with Crippen LogP contribution >= 0.6 is 12.4 Å². The summed E-state index contributed by atoms with van der Waals surface area (Å²) in [5.74, 6) is -1.14. The number of pyridine rings is 1. The molecular weight excluding hydrogens is 247 g/mol. The molecule has 1 aromatic rings. The number of ether oxygens (including phenoxy) is 1. The minimum Gasteiger partial charge on any atom is -0.469 e. The summed E-state index contributed by atoms with van der Waals surface area (Å²) in [5.41, 5.74) is 5.07. The largest absolute Gasteiger partial charge is 0.469 e. The molecule has 1 rings (SSSR count). The van der Waals surface area contributed by atoms with Gasteiger partial charge in [0.2, 0.25) is 5.95 Å². The molecule has 1 atom stereocenters. The maximum absolute atomic E-state index is 13.4. The smallest absolute Gasteiger partial charge is 0.313 e. The lowest BCUT2D eigenvalue weighted by Gasteiger charge is -2.28. The van der Waals surface area contributed by atoms with Crippen LogP contribution in [0, 0.1) is 11.4 Å². The monoisotopic (exact) mass is 262 g/mol. The molecule has 0 aliphatic rings. The second-order valence-electron chi connectivity index (χ2n) is 4.07. The third-order valence-corrected chi connectivity index (χ3v) is 2.61. The number of nitrogens with two attached hydrogens (primary N) is 1. The third-order valence-electron chi connectivity index (χ3n) is 2.61. The molecule has 0 saturated heterocycles. The fourth-order valence-electron chi connectivity index (χ4n) is 1.41. The fraction of sp³-hybridized carbons (Fsp3) is 0.455. The molecule has 0 amide bonds. The highest BCUT2D eigenvalue weighted by Crippen LogP contribution is 2.32. The number of halogens is 2. The van der Waals surface area contributed by atoms with Crippen LogP contribution in [-0.2, 0) is 9.53 Å². The SMILES string of the molecule is COC(=O)C(C)(C)[C@H](N)c1cccnc1F.Cl. The van der Waals surface area contributed by atoms with E-state index in [0.717, 1.165) is 0 Å². The van der Waals surface area contributed by atoms with Crippen molar-refractivity contribution in [1.82, 2.24) is 4.98 Å². The summed E-state index contributed by atoms with van der Waals surface area (Å²) in [5, 5.41) is 0. The van der Waals surface area contributed by atoms with Crippen LogP contribution in [0.4, 0.5) is 4.39 Å². The van der Waals surface area contributed by atoms with Crippen molar-refractivity contribution in [2.45, 2.75) is 19.9 Å². The molecule has 1 heterocycles. The zero-order valence-corrected chi connectivity index (χ0v) is 10.8. The number of rotatable bonds is 3. The summed E-state index contributed by atoms with van der Waals surface area (Å²) in [6.45, 7) is 3.21. The van der Waals surface area contributed by atoms with Gasteiger partial charge in [-0.2, -0.15) is 4.39 Å². The van der Waals surface area contributed by atoms with Crippen molar-refractivity contribution in [2.24, 2.45) is 11.1 Å². The van der Waals surface area contributed by atoms with Crippen molar-refractivity contribution in [1.29, 1.82) is 0 Å². The van der Waals surface area contributed by atoms with Crippen LogP contribution in [0.1, 0.15) is 25.5 Å². The van der Waals surface area contributed by atoms with Gasteiger partial charge in [-0.1, -0.05) is 6.07 Å². The standard InChI is InChI=1S/C11H15FN2O2.ClH/c1-11(2,10(15)16-3)8(13)7-5-4-6-14-9(7)12;/h4-6,8H,13H2,1-3H3;1H/t8-;/m1./s1. The summed E-state index contributed by atoms with van der Waals surface area (Å²) in [6, 6.07) is 2.29. The molecule has 0 aromatic carbocycles. The molecule has 0 unspecified atom stereocenters. The fourth-order valence-corrected chi connectivity index (χ4v) is 1.41. The summed E-state index contributed by atoms with van der Waals surface area (Å²) >= 11 is 0. The Hall–Kier alpha value is -1.20. The highest BCUT2D eigenvalue weighted by molar-refractivity contribution is 5.85. The summed E-state index contributed by atoms with van der Waals surface area (Å²) in [6.07, 6.45) is 1.33. The average Bonchev–Trinajstić information content (AvgIpc) is 2.27. The van der Waals surface area contributed by atoms with E-state index in [-0.39, 0.29) is 18.0 Å². The Morgan fingerprint density at radius 2 is 2.18 bits per heavy atom. The van der Waals surface area contributed by atoms with Crippen LogP contribution in [0.2, 0.25) is 0 Å². The summed E-state index contributed by atoms with van der Waals surface area (Å²) < 4.78 is 18.0. The van der Waals surface area contributed by atoms with Gasteiger partial charge in [-0.25, -0.2) is 4.98 Å². The van der Waals surface area contributed by atoms with Gasteiger partial charge < -0.3 is 10.5 Å². The second kappa shape index (κ2) is 5.93. The minimum atomic E-state index is -1.00. The van der Waals surface area contributed by atoms with Gasteiger partial charge in [0.05, 0.1) is 12.5 Å². The van der Waals surface area contributed by atoms with Gasteiger partial charge in [-0.3, -0.25) is 4.79 Å². The topological polar surface area (TPSA) is 65.2 Å². The Bertz CT molecular complexity index is 399. The molecule has 0 fully saturated rings. The molecule has 0 aliphatic carbocycles. The molecule has 0 aliphatic heterocycles. The zero-order valence-electron chi connectivity index (χ0n) is 9.94. The second-order valence-corrected chi connectivity index (χ2v) is 4.07. The molecule has 0 radical (unpaired) electrons. The number of carbonyl (C=O) groups is 1. The molecule has 0 spiro atoms. The van der Waals surface area contributed by atoms with Crippen LogP contribution < -0.4 is 5.73 Å². The van der Waals surface area contributed by atoms with Crippen LogP contribution in [0.25, 0.3) is 0 Å². The first kappa shape index (κ1) is 15.8. The van der Waals surface area contributed by atoms with Gasteiger partial charge in [-0.05, 0) is 19.9 Å². The molecule has 0 saturated carbocycles.